The smallest absolute Gasteiger partial charge is 0.254 e. The number of carbonyl (C=O) groups is 1. The van der Waals surface area contributed by atoms with Crippen molar-refractivity contribution in [2.45, 2.75) is 13.5 Å². The number of hydrogen-bond donors (Lipinski definition) is 1. The molecule has 0 aliphatic heterocycles. The standard InChI is InChI=1S/C14H10Cl4N2O/c1-7-2-10(17)13(11(18)3-7)14(21)20-6-12-9(16)4-8(15)5-19-12/h2-5H,6H2,1H3,(H,20,21). The van der Waals surface area contributed by atoms with E-state index in [4.69, 9.17) is 46.4 Å². The van der Waals surface area contributed by atoms with E-state index in [0.717, 1.165) is 5.56 Å². The number of carbonyl (C=O) groups excluding carboxylic acids is 1. The summed E-state index contributed by atoms with van der Waals surface area (Å²) in [6, 6.07) is 4.91. The number of nitrogens with one attached hydrogen (secondary N) is 1. The van der Waals surface area contributed by atoms with Gasteiger partial charge in [0.05, 0.1) is 37.9 Å². The third-order valence-corrected chi connectivity index (χ3v) is 3.84. The Morgan fingerprint density at radius 1 is 1.10 bits per heavy atom. The van der Waals surface area contributed by atoms with Gasteiger partial charge in [-0.1, -0.05) is 46.4 Å². The molecule has 1 amide bonds. The molecule has 2 aromatic rings. The molecule has 0 radical (unpaired) electrons. The number of amides is 1. The number of halogens is 4. The Morgan fingerprint density at radius 3 is 2.29 bits per heavy atom. The fourth-order valence-electron chi connectivity index (χ4n) is 1.74. The van der Waals surface area contributed by atoms with Gasteiger partial charge in [0.2, 0.25) is 0 Å². The summed E-state index contributed by atoms with van der Waals surface area (Å²) >= 11 is 23.9. The first kappa shape index (κ1) is 16.4. The first-order chi connectivity index (χ1) is 9.88. The molecule has 1 aromatic heterocycles. The topological polar surface area (TPSA) is 42.0 Å². The van der Waals surface area contributed by atoms with Crippen LogP contribution in [0, 0.1) is 6.92 Å². The molecule has 2 rings (SSSR count). The first-order valence-corrected chi connectivity index (χ1v) is 7.43. The van der Waals surface area contributed by atoms with Crippen molar-refractivity contribution in [3.63, 3.8) is 0 Å². The minimum Gasteiger partial charge on any atom is -0.346 e. The molecule has 1 heterocycles. The highest BCUT2D eigenvalue weighted by atomic mass is 35.5. The highest BCUT2D eigenvalue weighted by Crippen LogP contribution is 2.26. The molecule has 0 aliphatic rings. The summed E-state index contributed by atoms with van der Waals surface area (Å²) in [7, 11) is 0. The summed E-state index contributed by atoms with van der Waals surface area (Å²) in [6.07, 6.45) is 1.46. The Morgan fingerprint density at radius 2 is 1.71 bits per heavy atom. The Hall–Kier alpha value is -1.000. The van der Waals surface area contributed by atoms with Gasteiger partial charge in [0, 0.05) is 6.20 Å². The molecule has 21 heavy (non-hydrogen) atoms. The first-order valence-electron chi connectivity index (χ1n) is 5.92. The Labute approximate surface area is 142 Å². The van der Waals surface area contributed by atoms with Crippen LogP contribution < -0.4 is 5.32 Å². The van der Waals surface area contributed by atoms with Crippen molar-refractivity contribution in [3.05, 3.63) is 61.3 Å². The summed E-state index contributed by atoms with van der Waals surface area (Å²) in [5, 5.41) is 4.09. The van der Waals surface area contributed by atoms with Crippen LogP contribution >= 0.6 is 46.4 Å². The third-order valence-electron chi connectivity index (χ3n) is 2.71. The maximum absolute atomic E-state index is 12.2. The monoisotopic (exact) mass is 362 g/mol. The van der Waals surface area contributed by atoms with Gasteiger partial charge in [0.1, 0.15) is 0 Å². The van der Waals surface area contributed by atoms with Crippen LogP contribution in [0.3, 0.4) is 0 Å². The summed E-state index contributed by atoms with van der Waals surface area (Å²) < 4.78 is 0. The van der Waals surface area contributed by atoms with E-state index in [-0.39, 0.29) is 12.1 Å². The fourth-order valence-corrected chi connectivity index (χ4v) is 2.96. The summed E-state index contributed by atoms with van der Waals surface area (Å²) in [5.74, 6) is -0.391. The van der Waals surface area contributed by atoms with Crippen LogP contribution in [-0.4, -0.2) is 10.9 Å². The van der Waals surface area contributed by atoms with Gasteiger partial charge in [-0.15, -0.1) is 0 Å². The number of hydrogen-bond acceptors (Lipinski definition) is 2. The number of nitrogens with zero attached hydrogens (tertiary/aromatic N) is 1. The summed E-state index contributed by atoms with van der Waals surface area (Å²) in [4.78, 5) is 16.2. The molecule has 0 bridgehead atoms. The van der Waals surface area contributed by atoms with Crippen LogP contribution in [0.25, 0.3) is 0 Å². The van der Waals surface area contributed by atoms with Crippen LogP contribution in [0.1, 0.15) is 21.6 Å². The van der Waals surface area contributed by atoms with Crippen LogP contribution in [0.15, 0.2) is 24.4 Å². The highest BCUT2D eigenvalue weighted by molar-refractivity contribution is 6.39. The van der Waals surface area contributed by atoms with Gasteiger partial charge >= 0.3 is 0 Å². The minimum absolute atomic E-state index is 0.148. The molecule has 0 saturated heterocycles. The van der Waals surface area contributed by atoms with Gasteiger partial charge in [0.25, 0.3) is 5.91 Å². The molecular weight excluding hydrogens is 354 g/mol. The normalized spacial score (nSPS) is 10.5. The number of benzene rings is 1. The molecule has 7 heteroatoms. The van der Waals surface area contributed by atoms with E-state index < -0.39 is 5.91 Å². The van der Waals surface area contributed by atoms with Crippen molar-refractivity contribution in [1.82, 2.24) is 10.3 Å². The molecule has 3 nitrogen and oxygen atoms in total. The van der Waals surface area contributed by atoms with Crippen molar-refractivity contribution in [1.29, 1.82) is 0 Å². The Bertz CT molecular complexity index is 680. The average Bonchev–Trinajstić information content (AvgIpc) is 2.36. The lowest BCUT2D eigenvalue weighted by Crippen LogP contribution is -2.24. The molecule has 0 aliphatic carbocycles. The number of pyridine rings is 1. The Balaban J connectivity index is 2.16. The molecule has 0 saturated carbocycles. The van der Waals surface area contributed by atoms with Crippen molar-refractivity contribution in [3.8, 4) is 0 Å². The predicted molar refractivity (Wildman–Crippen MR) is 86.6 cm³/mol. The SMILES string of the molecule is Cc1cc(Cl)c(C(=O)NCc2ncc(Cl)cc2Cl)c(Cl)c1. The lowest BCUT2D eigenvalue weighted by Gasteiger charge is -2.10. The molecule has 1 N–H and O–H groups in total. The largest absolute Gasteiger partial charge is 0.346 e. The molecule has 110 valence electrons. The van der Waals surface area contributed by atoms with E-state index in [2.05, 4.69) is 10.3 Å². The van der Waals surface area contributed by atoms with Gasteiger partial charge in [-0.3, -0.25) is 9.78 Å². The van der Waals surface area contributed by atoms with Crippen LogP contribution in [0.4, 0.5) is 0 Å². The van der Waals surface area contributed by atoms with Gasteiger partial charge in [0.15, 0.2) is 0 Å². The maximum Gasteiger partial charge on any atom is 0.254 e. The molecule has 1 aromatic carbocycles. The van der Waals surface area contributed by atoms with Crippen molar-refractivity contribution >= 4 is 52.3 Å². The van der Waals surface area contributed by atoms with E-state index in [0.29, 0.717) is 25.8 Å². The minimum atomic E-state index is -0.391. The van der Waals surface area contributed by atoms with Gasteiger partial charge in [-0.05, 0) is 30.7 Å². The molecular formula is C14H10Cl4N2O. The quantitative estimate of drug-likeness (QED) is 0.839. The predicted octanol–water partition coefficient (Wildman–Crippen LogP) is 4.93. The number of aromatic nitrogens is 1. The van der Waals surface area contributed by atoms with E-state index in [1.54, 1.807) is 18.2 Å². The Kier molecular flexibility index (Phi) is 5.33. The second-order valence-corrected chi connectivity index (χ2v) is 6.03. The van der Waals surface area contributed by atoms with Crippen molar-refractivity contribution in [2.24, 2.45) is 0 Å². The van der Waals surface area contributed by atoms with E-state index in [1.165, 1.54) is 6.20 Å². The average molecular weight is 364 g/mol. The van der Waals surface area contributed by atoms with Crippen LogP contribution in [0.2, 0.25) is 20.1 Å². The van der Waals surface area contributed by atoms with Gasteiger partial charge in [-0.2, -0.15) is 0 Å². The molecule has 0 unspecified atom stereocenters. The summed E-state index contributed by atoms with van der Waals surface area (Å²) in [6.45, 7) is 1.99. The zero-order valence-corrected chi connectivity index (χ0v) is 13.9. The van der Waals surface area contributed by atoms with Crippen LogP contribution in [-0.2, 0) is 6.54 Å². The lowest BCUT2D eigenvalue weighted by atomic mass is 10.1. The number of aryl methyl sites for hydroxylation is 1. The van der Waals surface area contributed by atoms with E-state index >= 15 is 0 Å². The van der Waals surface area contributed by atoms with E-state index in [1.807, 2.05) is 6.92 Å². The number of rotatable bonds is 3. The molecule has 0 fully saturated rings. The fraction of sp³-hybridized carbons (Fsp3) is 0.143. The zero-order valence-electron chi connectivity index (χ0n) is 10.9. The summed E-state index contributed by atoms with van der Waals surface area (Å²) in [5.41, 5.74) is 1.62. The maximum atomic E-state index is 12.2. The second kappa shape index (κ2) is 6.84. The molecule has 0 spiro atoms. The lowest BCUT2D eigenvalue weighted by molar-refractivity contribution is 0.0951. The van der Waals surface area contributed by atoms with Crippen LogP contribution in [0.5, 0.6) is 0 Å². The van der Waals surface area contributed by atoms with E-state index in [9.17, 15) is 4.79 Å². The van der Waals surface area contributed by atoms with Crippen molar-refractivity contribution < 1.29 is 4.79 Å². The second-order valence-electron chi connectivity index (χ2n) is 4.37. The van der Waals surface area contributed by atoms with Gasteiger partial charge < -0.3 is 5.32 Å². The molecule has 0 atom stereocenters. The van der Waals surface area contributed by atoms with Gasteiger partial charge in [-0.25, -0.2) is 0 Å². The van der Waals surface area contributed by atoms with Crippen molar-refractivity contribution in [2.75, 3.05) is 0 Å². The zero-order chi connectivity index (χ0) is 15.6. The highest BCUT2D eigenvalue weighted by Gasteiger charge is 2.16. The third kappa shape index (κ3) is 4.01.